The number of amides is 1. The number of para-hydroxylation sites is 1. The van der Waals surface area contributed by atoms with Crippen LogP contribution in [-0.2, 0) is 11.3 Å². The monoisotopic (exact) mass is 389 g/mol. The van der Waals surface area contributed by atoms with Crippen LogP contribution >= 0.6 is 0 Å². The van der Waals surface area contributed by atoms with Gasteiger partial charge in [-0.25, -0.2) is 9.78 Å². The van der Waals surface area contributed by atoms with Crippen LogP contribution in [0.4, 0.5) is 16.2 Å². The van der Waals surface area contributed by atoms with Crippen molar-refractivity contribution >= 4 is 28.6 Å². The lowest BCUT2D eigenvalue weighted by Crippen LogP contribution is -2.14. The molecule has 0 spiro atoms. The van der Waals surface area contributed by atoms with Crippen LogP contribution in [0.3, 0.4) is 0 Å². The molecule has 0 fully saturated rings. The number of nitro benzene ring substituents is 1. The van der Waals surface area contributed by atoms with E-state index in [0.29, 0.717) is 16.8 Å². The van der Waals surface area contributed by atoms with E-state index in [1.54, 1.807) is 24.3 Å². The minimum atomic E-state index is -0.618. The molecule has 0 saturated carbocycles. The number of carbonyl (C=O) groups excluding carboxylic acids is 1. The Bertz CT molecular complexity index is 1190. The fraction of sp³-hybridized carbons (Fsp3) is 0.0476. The Balaban J connectivity index is 1.56. The van der Waals surface area contributed by atoms with Gasteiger partial charge in [-0.05, 0) is 23.8 Å². The van der Waals surface area contributed by atoms with Crippen LogP contribution in [0.5, 0.6) is 0 Å². The predicted octanol–water partition coefficient (Wildman–Crippen LogP) is 5.15. The van der Waals surface area contributed by atoms with Crippen molar-refractivity contribution in [3.8, 4) is 11.5 Å². The Morgan fingerprint density at radius 3 is 2.62 bits per heavy atom. The predicted molar refractivity (Wildman–Crippen MR) is 106 cm³/mol. The lowest BCUT2D eigenvalue weighted by molar-refractivity contribution is -0.384. The quantitative estimate of drug-likeness (QED) is 0.373. The van der Waals surface area contributed by atoms with E-state index >= 15 is 0 Å². The number of anilines is 1. The molecule has 0 saturated heterocycles. The number of oxazole rings is 1. The summed E-state index contributed by atoms with van der Waals surface area (Å²) >= 11 is 0. The number of rotatable bonds is 5. The van der Waals surface area contributed by atoms with Crippen LogP contribution in [0.15, 0.2) is 77.2 Å². The molecule has 0 bridgehead atoms. The smallest absolute Gasteiger partial charge is 0.411 e. The van der Waals surface area contributed by atoms with Gasteiger partial charge in [-0.2, -0.15) is 0 Å². The summed E-state index contributed by atoms with van der Waals surface area (Å²) in [7, 11) is 0. The summed E-state index contributed by atoms with van der Waals surface area (Å²) in [5.74, 6) is 0.236. The zero-order valence-corrected chi connectivity index (χ0v) is 15.1. The van der Waals surface area contributed by atoms with Gasteiger partial charge in [0.15, 0.2) is 5.58 Å². The summed E-state index contributed by atoms with van der Waals surface area (Å²) in [4.78, 5) is 27.0. The molecule has 0 atom stereocenters. The number of ether oxygens (including phenoxy) is 1. The number of fused-ring (bicyclic) bond motifs is 1. The third kappa shape index (κ3) is 4.06. The lowest BCUT2D eigenvalue weighted by atomic mass is 10.2. The van der Waals surface area contributed by atoms with Gasteiger partial charge in [-0.1, -0.05) is 42.5 Å². The van der Waals surface area contributed by atoms with Gasteiger partial charge >= 0.3 is 6.09 Å². The van der Waals surface area contributed by atoms with Crippen molar-refractivity contribution in [1.29, 1.82) is 0 Å². The van der Waals surface area contributed by atoms with Crippen LogP contribution in [0, 0.1) is 10.1 Å². The van der Waals surface area contributed by atoms with Gasteiger partial charge in [0.05, 0.1) is 22.2 Å². The van der Waals surface area contributed by atoms with E-state index in [1.165, 1.54) is 18.2 Å². The van der Waals surface area contributed by atoms with Gasteiger partial charge in [0.25, 0.3) is 5.69 Å². The van der Waals surface area contributed by atoms with Crippen molar-refractivity contribution in [2.24, 2.45) is 0 Å². The molecule has 144 valence electrons. The molecule has 0 aliphatic heterocycles. The number of carbonyl (C=O) groups is 1. The van der Waals surface area contributed by atoms with Crippen LogP contribution in [0.25, 0.3) is 22.6 Å². The van der Waals surface area contributed by atoms with E-state index in [1.807, 2.05) is 30.3 Å². The second kappa shape index (κ2) is 7.81. The SMILES string of the molecule is O=C(Nc1ccccc1-c1nc2ccc([N+](=O)[O-])cc2o1)OCc1ccccc1. The highest BCUT2D eigenvalue weighted by molar-refractivity contribution is 5.91. The zero-order valence-electron chi connectivity index (χ0n) is 15.1. The first kappa shape index (κ1) is 18.2. The molecule has 0 unspecified atom stereocenters. The molecule has 1 aromatic heterocycles. The third-order valence-corrected chi connectivity index (χ3v) is 4.19. The normalized spacial score (nSPS) is 10.6. The Labute approximate surface area is 164 Å². The molecule has 0 radical (unpaired) electrons. The van der Waals surface area contributed by atoms with E-state index in [-0.39, 0.29) is 23.8 Å². The molecule has 4 rings (SSSR count). The molecule has 8 nitrogen and oxygen atoms in total. The van der Waals surface area contributed by atoms with Crippen molar-refractivity contribution < 1.29 is 18.9 Å². The maximum absolute atomic E-state index is 12.2. The highest BCUT2D eigenvalue weighted by atomic mass is 16.6. The maximum Gasteiger partial charge on any atom is 0.411 e. The summed E-state index contributed by atoms with van der Waals surface area (Å²) in [5.41, 5.74) is 2.53. The highest BCUT2D eigenvalue weighted by Crippen LogP contribution is 2.31. The maximum atomic E-state index is 12.2. The van der Waals surface area contributed by atoms with Crippen molar-refractivity contribution in [2.45, 2.75) is 6.61 Å². The molecular formula is C21H15N3O5. The van der Waals surface area contributed by atoms with Crippen molar-refractivity contribution in [1.82, 2.24) is 4.98 Å². The van der Waals surface area contributed by atoms with E-state index in [4.69, 9.17) is 9.15 Å². The van der Waals surface area contributed by atoms with Gasteiger partial charge < -0.3 is 9.15 Å². The molecular weight excluding hydrogens is 374 g/mol. The van der Waals surface area contributed by atoms with Crippen molar-refractivity contribution in [2.75, 3.05) is 5.32 Å². The van der Waals surface area contributed by atoms with Crippen LogP contribution in [0.2, 0.25) is 0 Å². The standard InChI is InChI=1S/C21H15N3O5/c25-21(28-13-14-6-2-1-3-7-14)23-17-9-5-4-8-16(17)20-22-18-11-10-15(24(26)27)12-19(18)29-20/h1-12H,13H2,(H,23,25). The number of hydrogen-bond donors (Lipinski definition) is 1. The van der Waals surface area contributed by atoms with Crippen LogP contribution < -0.4 is 5.32 Å². The number of nitrogens with one attached hydrogen (secondary N) is 1. The minimum absolute atomic E-state index is 0.0869. The molecule has 0 aliphatic carbocycles. The van der Waals surface area contributed by atoms with Crippen molar-refractivity contribution in [3.63, 3.8) is 0 Å². The summed E-state index contributed by atoms with van der Waals surface area (Å²) in [6.07, 6.45) is -0.618. The Hall–Kier alpha value is -4.20. The first-order valence-corrected chi connectivity index (χ1v) is 8.72. The second-order valence-electron chi connectivity index (χ2n) is 6.16. The fourth-order valence-electron chi connectivity index (χ4n) is 2.79. The molecule has 0 aliphatic rings. The van der Waals surface area contributed by atoms with E-state index in [9.17, 15) is 14.9 Å². The number of non-ortho nitro benzene ring substituents is 1. The molecule has 1 amide bonds. The van der Waals surface area contributed by atoms with Crippen LogP contribution in [0.1, 0.15) is 5.56 Å². The Kier molecular flexibility index (Phi) is 4.90. The highest BCUT2D eigenvalue weighted by Gasteiger charge is 2.16. The molecule has 1 N–H and O–H groups in total. The topological polar surface area (TPSA) is 108 Å². The summed E-state index contributed by atoms with van der Waals surface area (Å²) in [6, 6.07) is 20.5. The first-order valence-electron chi connectivity index (χ1n) is 8.72. The largest absolute Gasteiger partial charge is 0.444 e. The Morgan fingerprint density at radius 1 is 1.07 bits per heavy atom. The van der Waals surface area contributed by atoms with E-state index in [0.717, 1.165) is 5.56 Å². The van der Waals surface area contributed by atoms with Gasteiger partial charge in [0.1, 0.15) is 12.1 Å². The molecule has 8 heteroatoms. The summed E-state index contributed by atoms with van der Waals surface area (Å²) < 4.78 is 10.9. The minimum Gasteiger partial charge on any atom is -0.444 e. The number of benzene rings is 3. The van der Waals surface area contributed by atoms with E-state index < -0.39 is 11.0 Å². The van der Waals surface area contributed by atoms with Crippen LogP contribution in [-0.4, -0.2) is 16.0 Å². The first-order chi connectivity index (χ1) is 14.1. The van der Waals surface area contributed by atoms with Gasteiger partial charge in [0.2, 0.25) is 5.89 Å². The van der Waals surface area contributed by atoms with E-state index in [2.05, 4.69) is 10.3 Å². The summed E-state index contributed by atoms with van der Waals surface area (Å²) in [5, 5.41) is 13.6. The van der Waals surface area contributed by atoms with Crippen molar-refractivity contribution in [3.05, 3.63) is 88.5 Å². The third-order valence-electron chi connectivity index (χ3n) is 4.19. The lowest BCUT2D eigenvalue weighted by Gasteiger charge is -2.09. The Morgan fingerprint density at radius 2 is 1.83 bits per heavy atom. The fourth-order valence-corrected chi connectivity index (χ4v) is 2.79. The van der Waals surface area contributed by atoms with Gasteiger partial charge in [-0.3, -0.25) is 15.4 Å². The molecule has 29 heavy (non-hydrogen) atoms. The molecule has 3 aromatic carbocycles. The summed E-state index contributed by atoms with van der Waals surface area (Å²) in [6.45, 7) is 0.140. The zero-order chi connectivity index (χ0) is 20.2. The number of hydrogen-bond acceptors (Lipinski definition) is 6. The van der Waals surface area contributed by atoms with Gasteiger partial charge in [0, 0.05) is 6.07 Å². The average molecular weight is 389 g/mol. The average Bonchev–Trinajstić information content (AvgIpc) is 3.16. The second-order valence-corrected chi connectivity index (χ2v) is 6.16. The number of aromatic nitrogens is 1. The number of nitrogens with zero attached hydrogens (tertiary/aromatic N) is 2. The number of nitro groups is 1. The molecule has 4 aromatic rings. The molecule has 1 heterocycles. The van der Waals surface area contributed by atoms with Gasteiger partial charge in [-0.15, -0.1) is 0 Å².